The zero-order valence-corrected chi connectivity index (χ0v) is 10.8. The minimum Gasteiger partial charge on any atom is -0.469 e. The van der Waals surface area contributed by atoms with E-state index in [1.807, 2.05) is 26.1 Å². The highest BCUT2D eigenvalue weighted by molar-refractivity contribution is 5.80. The summed E-state index contributed by atoms with van der Waals surface area (Å²) < 4.78 is 10.6. The number of hydrogen-bond donors (Lipinski definition) is 2. The summed E-state index contributed by atoms with van der Waals surface area (Å²) >= 11 is 0. The van der Waals surface area contributed by atoms with E-state index in [1.165, 1.54) is 0 Å². The van der Waals surface area contributed by atoms with Crippen molar-refractivity contribution in [3.05, 3.63) is 24.2 Å². The van der Waals surface area contributed by atoms with Crippen LogP contribution in [0.1, 0.15) is 12.7 Å². The van der Waals surface area contributed by atoms with Gasteiger partial charge in [-0.25, -0.2) is 0 Å². The van der Waals surface area contributed by atoms with E-state index in [9.17, 15) is 4.79 Å². The summed E-state index contributed by atoms with van der Waals surface area (Å²) in [6.45, 7) is 3.07. The standard InChI is InChI=1S/C13H20N2O3/c1-9(6-10-4-3-5-18-10)15-13(16)11-7-17-8-12(11)14-2/h3-5,9,11-12,14H,6-8H2,1-2H3,(H,15,16). The summed E-state index contributed by atoms with van der Waals surface area (Å²) in [6, 6.07) is 3.94. The van der Waals surface area contributed by atoms with E-state index in [-0.39, 0.29) is 23.9 Å². The van der Waals surface area contributed by atoms with Crippen LogP contribution in [0.5, 0.6) is 0 Å². The minimum absolute atomic E-state index is 0.0471. The van der Waals surface area contributed by atoms with E-state index in [2.05, 4.69) is 10.6 Å². The lowest BCUT2D eigenvalue weighted by molar-refractivity contribution is -0.126. The number of rotatable bonds is 5. The first-order valence-electron chi connectivity index (χ1n) is 6.28. The van der Waals surface area contributed by atoms with E-state index in [4.69, 9.17) is 9.15 Å². The van der Waals surface area contributed by atoms with Crippen molar-refractivity contribution in [2.24, 2.45) is 5.92 Å². The van der Waals surface area contributed by atoms with Gasteiger partial charge in [-0.05, 0) is 26.1 Å². The highest BCUT2D eigenvalue weighted by atomic mass is 16.5. The molecule has 2 heterocycles. The molecule has 18 heavy (non-hydrogen) atoms. The molecule has 1 amide bonds. The molecular weight excluding hydrogens is 232 g/mol. The van der Waals surface area contributed by atoms with Crippen LogP contribution in [0, 0.1) is 5.92 Å². The molecule has 1 aliphatic rings. The lowest BCUT2D eigenvalue weighted by Gasteiger charge is -2.19. The van der Waals surface area contributed by atoms with Gasteiger partial charge in [0.25, 0.3) is 0 Å². The van der Waals surface area contributed by atoms with Gasteiger partial charge in [0.15, 0.2) is 0 Å². The van der Waals surface area contributed by atoms with Crippen LogP contribution in [0.4, 0.5) is 0 Å². The molecule has 1 aromatic rings. The number of nitrogens with one attached hydrogen (secondary N) is 2. The summed E-state index contributed by atoms with van der Waals surface area (Å²) in [7, 11) is 1.85. The van der Waals surface area contributed by atoms with E-state index >= 15 is 0 Å². The molecule has 0 saturated carbocycles. The fourth-order valence-corrected chi connectivity index (χ4v) is 2.23. The van der Waals surface area contributed by atoms with Gasteiger partial charge in [0.1, 0.15) is 5.76 Å². The van der Waals surface area contributed by atoms with Gasteiger partial charge >= 0.3 is 0 Å². The van der Waals surface area contributed by atoms with Crippen LogP contribution in [0.25, 0.3) is 0 Å². The van der Waals surface area contributed by atoms with E-state index < -0.39 is 0 Å². The number of ether oxygens (including phenoxy) is 1. The monoisotopic (exact) mass is 252 g/mol. The first kappa shape index (κ1) is 13.1. The third kappa shape index (κ3) is 3.11. The highest BCUT2D eigenvalue weighted by Crippen LogP contribution is 2.14. The van der Waals surface area contributed by atoms with Gasteiger partial charge in [0.2, 0.25) is 5.91 Å². The van der Waals surface area contributed by atoms with Crippen LogP contribution in [0.2, 0.25) is 0 Å². The number of hydrogen-bond acceptors (Lipinski definition) is 4. The maximum atomic E-state index is 12.1. The van der Waals surface area contributed by atoms with E-state index in [0.717, 1.165) is 5.76 Å². The molecule has 1 aromatic heterocycles. The topological polar surface area (TPSA) is 63.5 Å². The third-order valence-electron chi connectivity index (χ3n) is 3.26. The Labute approximate surface area is 107 Å². The summed E-state index contributed by atoms with van der Waals surface area (Å²) in [6.07, 6.45) is 2.35. The number of furan rings is 1. The molecule has 1 fully saturated rings. The van der Waals surface area contributed by atoms with Gasteiger partial charge in [-0.1, -0.05) is 0 Å². The maximum Gasteiger partial charge on any atom is 0.227 e. The van der Waals surface area contributed by atoms with E-state index in [1.54, 1.807) is 6.26 Å². The predicted molar refractivity (Wildman–Crippen MR) is 67.2 cm³/mol. The lowest BCUT2D eigenvalue weighted by Crippen LogP contribution is -2.45. The number of carbonyl (C=O) groups is 1. The number of likely N-dealkylation sites (N-methyl/N-ethyl adjacent to an activating group) is 1. The molecule has 2 rings (SSSR count). The van der Waals surface area contributed by atoms with Crippen molar-refractivity contribution in [1.82, 2.24) is 10.6 Å². The molecule has 0 radical (unpaired) electrons. The van der Waals surface area contributed by atoms with Crippen LogP contribution in [0.3, 0.4) is 0 Å². The Morgan fingerprint density at radius 3 is 3.06 bits per heavy atom. The van der Waals surface area contributed by atoms with Crippen LogP contribution in [-0.2, 0) is 16.0 Å². The fraction of sp³-hybridized carbons (Fsp3) is 0.615. The first-order chi connectivity index (χ1) is 8.70. The SMILES string of the molecule is CNC1COCC1C(=O)NC(C)Cc1ccco1. The van der Waals surface area contributed by atoms with Crippen molar-refractivity contribution in [2.75, 3.05) is 20.3 Å². The first-order valence-corrected chi connectivity index (χ1v) is 6.28. The van der Waals surface area contributed by atoms with Crippen LogP contribution >= 0.6 is 0 Å². The fourth-order valence-electron chi connectivity index (χ4n) is 2.23. The van der Waals surface area contributed by atoms with Crippen LogP contribution < -0.4 is 10.6 Å². The maximum absolute atomic E-state index is 12.1. The lowest BCUT2D eigenvalue weighted by atomic mass is 10.0. The Bertz CT molecular complexity index is 378. The van der Waals surface area contributed by atoms with Crippen molar-refractivity contribution < 1.29 is 13.9 Å². The van der Waals surface area contributed by atoms with Crippen LogP contribution in [-0.4, -0.2) is 38.3 Å². The average Bonchev–Trinajstić information content (AvgIpc) is 2.97. The Balaban J connectivity index is 1.83. The van der Waals surface area contributed by atoms with Gasteiger partial charge in [0.05, 0.1) is 25.4 Å². The average molecular weight is 252 g/mol. The molecule has 1 aliphatic heterocycles. The van der Waals surface area contributed by atoms with Crippen molar-refractivity contribution in [3.8, 4) is 0 Å². The molecule has 0 spiro atoms. The Morgan fingerprint density at radius 2 is 2.39 bits per heavy atom. The number of amides is 1. The molecule has 3 unspecified atom stereocenters. The molecule has 100 valence electrons. The molecule has 0 bridgehead atoms. The van der Waals surface area contributed by atoms with Crippen molar-refractivity contribution in [1.29, 1.82) is 0 Å². The zero-order chi connectivity index (χ0) is 13.0. The van der Waals surface area contributed by atoms with Crippen molar-refractivity contribution >= 4 is 5.91 Å². The Morgan fingerprint density at radius 1 is 1.56 bits per heavy atom. The number of carbonyl (C=O) groups excluding carboxylic acids is 1. The summed E-state index contributed by atoms with van der Waals surface area (Å²) in [5, 5.41) is 6.11. The van der Waals surface area contributed by atoms with Gasteiger partial charge in [0, 0.05) is 18.5 Å². The second-order valence-electron chi connectivity index (χ2n) is 4.73. The summed E-state index contributed by atoms with van der Waals surface area (Å²) in [5.74, 6) is 0.829. The van der Waals surface area contributed by atoms with Gasteiger partial charge < -0.3 is 19.8 Å². The van der Waals surface area contributed by atoms with Gasteiger partial charge in [-0.2, -0.15) is 0 Å². The quantitative estimate of drug-likeness (QED) is 0.804. The minimum atomic E-state index is -0.103. The highest BCUT2D eigenvalue weighted by Gasteiger charge is 2.33. The molecule has 2 N–H and O–H groups in total. The summed E-state index contributed by atoms with van der Waals surface area (Å²) in [5.41, 5.74) is 0. The largest absolute Gasteiger partial charge is 0.469 e. The molecule has 0 aliphatic carbocycles. The second kappa shape index (κ2) is 6.02. The Kier molecular flexibility index (Phi) is 4.38. The summed E-state index contributed by atoms with van der Waals surface area (Å²) in [4.78, 5) is 12.1. The zero-order valence-electron chi connectivity index (χ0n) is 10.8. The van der Waals surface area contributed by atoms with Gasteiger partial charge in [-0.3, -0.25) is 4.79 Å². The molecule has 1 saturated heterocycles. The third-order valence-corrected chi connectivity index (χ3v) is 3.26. The van der Waals surface area contributed by atoms with Crippen molar-refractivity contribution in [3.63, 3.8) is 0 Å². The Hall–Kier alpha value is -1.33. The molecule has 3 atom stereocenters. The molecule has 5 nitrogen and oxygen atoms in total. The van der Waals surface area contributed by atoms with E-state index in [0.29, 0.717) is 19.6 Å². The second-order valence-corrected chi connectivity index (χ2v) is 4.73. The predicted octanol–water partition coefficient (Wildman–Crippen LogP) is 0.561. The smallest absolute Gasteiger partial charge is 0.227 e. The van der Waals surface area contributed by atoms with Crippen molar-refractivity contribution in [2.45, 2.75) is 25.4 Å². The van der Waals surface area contributed by atoms with Gasteiger partial charge in [-0.15, -0.1) is 0 Å². The molecule has 0 aromatic carbocycles. The molecule has 5 heteroatoms. The van der Waals surface area contributed by atoms with Crippen LogP contribution in [0.15, 0.2) is 22.8 Å². The normalized spacial score (nSPS) is 25.0. The molecular formula is C13H20N2O3.